The summed E-state index contributed by atoms with van der Waals surface area (Å²) >= 11 is 0. The van der Waals surface area contributed by atoms with Gasteiger partial charge in [-0.15, -0.1) is 5.06 Å². The number of carbonyl (C=O) groups is 2. The molecule has 5 rings (SSSR count). The quantitative estimate of drug-likeness (QED) is 0.236. The number of carbonyl (C=O) groups excluding carboxylic acids is 2. The van der Waals surface area contributed by atoms with Crippen molar-refractivity contribution >= 4 is 11.8 Å². The van der Waals surface area contributed by atoms with Crippen LogP contribution in [-0.4, -0.2) is 16.9 Å². The fourth-order valence-electron chi connectivity index (χ4n) is 4.74. The summed E-state index contributed by atoms with van der Waals surface area (Å²) in [5.41, 5.74) is 3.17. The molecule has 1 aliphatic rings. The van der Waals surface area contributed by atoms with Gasteiger partial charge in [-0.1, -0.05) is 111 Å². The van der Waals surface area contributed by atoms with Gasteiger partial charge in [-0.3, -0.25) is 9.59 Å². The summed E-state index contributed by atoms with van der Waals surface area (Å²) in [6, 6.07) is 34.6. The summed E-state index contributed by atoms with van der Waals surface area (Å²) in [6.45, 7) is 4.38. The summed E-state index contributed by atoms with van der Waals surface area (Å²) in [5, 5.41) is 0.923. The Kier molecular flexibility index (Phi) is 6.06. The van der Waals surface area contributed by atoms with Crippen LogP contribution in [0.1, 0.15) is 56.8 Å². The maximum Gasteiger partial charge on any atom is 0.285 e. The highest BCUT2D eigenvalue weighted by Crippen LogP contribution is 2.43. The van der Waals surface area contributed by atoms with Crippen LogP contribution >= 0.6 is 0 Å². The minimum absolute atomic E-state index is 0.347. The predicted molar refractivity (Wildman–Crippen MR) is 136 cm³/mol. The molecule has 0 unspecified atom stereocenters. The third-order valence-electron chi connectivity index (χ3n) is 6.35. The zero-order chi connectivity index (χ0) is 24.4. The van der Waals surface area contributed by atoms with E-state index >= 15 is 0 Å². The second-order valence-corrected chi connectivity index (χ2v) is 9.25. The summed E-state index contributed by atoms with van der Waals surface area (Å²) in [5.74, 6) is -0.389. The van der Waals surface area contributed by atoms with Gasteiger partial charge in [-0.25, -0.2) is 4.84 Å². The van der Waals surface area contributed by atoms with E-state index in [9.17, 15) is 9.59 Å². The highest BCUT2D eigenvalue weighted by atomic mass is 16.7. The first-order valence-corrected chi connectivity index (χ1v) is 11.9. The molecular weight excluding hydrogens is 434 g/mol. The van der Waals surface area contributed by atoms with Crippen molar-refractivity contribution in [2.75, 3.05) is 0 Å². The van der Waals surface area contributed by atoms with E-state index in [-0.39, 0.29) is 0 Å². The molecule has 0 aromatic heterocycles. The molecule has 4 aromatic carbocycles. The second-order valence-electron chi connectivity index (χ2n) is 9.25. The Morgan fingerprint density at radius 1 is 0.629 bits per heavy atom. The van der Waals surface area contributed by atoms with E-state index in [1.807, 2.05) is 72.8 Å². The summed E-state index contributed by atoms with van der Waals surface area (Å²) in [7, 11) is 0. The van der Waals surface area contributed by atoms with Gasteiger partial charge >= 0.3 is 0 Å². The molecule has 0 spiro atoms. The van der Waals surface area contributed by atoms with Gasteiger partial charge in [0, 0.05) is 0 Å². The molecule has 0 fully saturated rings. The topological polar surface area (TPSA) is 46.6 Å². The molecular formula is C31H27NO3. The minimum Gasteiger partial charge on any atom is -0.266 e. The lowest BCUT2D eigenvalue weighted by atomic mass is 9.80. The van der Waals surface area contributed by atoms with Crippen molar-refractivity contribution in [1.29, 1.82) is 0 Å². The van der Waals surface area contributed by atoms with Crippen molar-refractivity contribution in [2.45, 2.75) is 25.9 Å². The average molecular weight is 462 g/mol. The van der Waals surface area contributed by atoms with Crippen LogP contribution in [0.15, 0.2) is 109 Å². The number of rotatable bonds is 7. The summed E-state index contributed by atoms with van der Waals surface area (Å²) in [4.78, 5) is 33.3. The molecule has 2 amide bonds. The van der Waals surface area contributed by atoms with E-state index in [1.165, 1.54) is 5.56 Å². The maximum atomic E-state index is 13.3. The minimum atomic E-state index is -1.22. The van der Waals surface area contributed by atoms with Crippen LogP contribution in [-0.2, 0) is 16.9 Å². The molecule has 0 radical (unpaired) electrons. The lowest BCUT2D eigenvalue weighted by molar-refractivity contribution is -0.158. The Balaban J connectivity index is 1.70. The Hall–Kier alpha value is -4.02. The van der Waals surface area contributed by atoms with Crippen molar-refractivity contribution in [3.63, 3.8) is 0 Å². The Labute approximate surface area is 205 Å². The maximum absolute atomic E-state index is 13.3. The van der Waals surface area contributed by atoms with Crippen molar-refractivity contribution in [1.82, 2.24) is 5.06 Å². The smallest absolute Gasteiger partial charge is 0.266 e. The molecule has 4 aromatic rings. The zero-order valence-corrected chi connectivity index (χ0v) is 19.8. The molecule has 0 N–H and O–H groups in total. The van der Waals surface area contributed by atoms with E-state index in [2.05, 4.69) is 26.0 Å². The number of hydroxylamine groups is 2. The second kappa shape index (κ2) is 9.32. The molecule has 0 saturated carbocycles. The van der Waals surface area contributed by atoms with E-state index in [0.717, 1.165) is 28.2 Å². The number of hydrogen-bond acceptors (Lipinski definition) is 3. The van der Waals surface area contributed by atoms with Gasteiger partial charge in [0.1, 0.15) is 0 Å². The fraction of sp³-hybridized carbons (Fsp3) is 0.161. The largest absolute Gasteiger partial charge is 0.285 e. The number of amides is 2. The number of nitrogens with zero attached hydrogens (tertiary/aromatic N) is 1. The van der Waals surface area contributed by atoms with E-state index in [0.29, 0.717) is 17.0 Å². The lowest BCUT2D eigenvalue weighted by Crippen LogP contribution is -2.43. The molecule has 0 atom stereocenters. The zero-order valence-electron chi connectivity index (χ0n) is 19.8. The molecule has 4 nitrogen and oxygen atoms in total. The van der Waals surface area contributed by atoms with E-state index in [1.54, 1.807) is 24.3 Å². The van der Waals surface area contributed by atoms with Gasteiger partial charge in [0.05, 0.1) is 11.1 Å². The number of benzene rings is 4. The molecule has 0 bridgehead atoms. The van der Waals surface area contributed by atoms with Crippen LogP contribution in [0.25, 0.3) is 0 Å². The Morgan fingerprint density at radius 3 is 1.51 bits per heavy atom. The third kappa shape index (κ3) is 4.07. The van der Waals surface area contributed by atoms with Crippen LogP contribution in [0.2, 0.25) is 0 Å². The van der Waals surface area contributed by atoms with Crippen molar-refractivity contribution < 1.29 is 14.4 Å². The first kappa shape index (κ1) is 22.8. The molecule has 0 aliphatic carbocycles. The van der Waals surface area contributed by atoms with Crippen LogP contribution < -0.4 is 0 Å². The van der Waals surface area contributed by atoms with E-state index < -0.39 is 17.4 Å². The van der Waals surface area contributed by atoms with Gasteiger partial charge in [-0.2, -0.15) is 0 Å². The molecule has 4 heteroatoms. The normalized spacial score (nSPS) is 13.4. The average Bonchev–Trinajstić information content (AvgIpc) is 3.13. The van der Waals surface area contributed by atoms with Crippen molar-refractivity contribution in [2.24, 2.45) is 5.92 Å². The molecule has 1 aliphatic heterocycles. The number of fused-ring (bicyclic) bond motifs is 1. The van der Waals surface area contributed by atoms with Crippen LogP contribution in [0.5, 0.6) is 0 Å². The van der Waals surface area contributed by atoms with Gasteiger partial charge < -0.3 is 0 Å². The van der Waals surface area contributed by atoms with Gasteiger partial charge in [0.25, 0.3) is 11.8 Å². The lowest BCUT2D eigenvalue weighted by Gasteiger charge is -2.37. The predicted octanol–water partition coefficient (Wildman–Crippen LogP) is 6.40. The number of imide groups is 1. The third-order valence-corrected chi connectivity index (χ3v) is 6.35. The first-order chi connectivity index (χ1) is 17.0. The Morgan fingerprint density at radius 2 is 1.06 bits per heavy atom. The fourth-order valence-corrected chi connectivity index (χ4v) is 4.74. The first-order valence-electron chi connectivity index (χ1n) is 11.9. The number of hydrogen-bond donors (Lipinski definition) is 0. The van der Waals surface area contributed by atoms with E-state index in [4.69, 9.17) is 4.84 Å². The van der Waals surface area contributed by atoms with Crippen molar-refractivity contribution in [3.8, 4) is 0 Å². The highest BCUT2D eigenvalue weighted by Gasteiger charge is 2.46. The molecule has 1 heterocycles. The molecule has 174 valence electrons. The molecule has 0 saturated heterocycles. The van der Waals surface area contributed by atoms with Gasteiger partial charge in [0.15, 0.2) is 5.60 Å². The van der Waals surface area contributed by atoms with Crippen LogP contribution in [0.3, 0.4) is 0 Å². The molecule has 35 heavy (non-hydrogen) atoms. The Bertz CT molecular complexity index is 1270. The SMILES string of the molecule is CC(C)Cc1ccc(C(ON2C(=O)c3ccccc3C2=O)(c2ccccc2)c2ccccc2)cc1. The van der Waals surface area contributed by atoms with Crippen molar-refractivity contribution in [3.05, 3.63) is 143 Å². The standard InChI is InChI=1S/C31H27NO3/c1-22(2)21-23-17-19-26(20-18-23)31(24-11-5-3-6-12-24,25-13-7-4-8-14-25)35-32-29(33)27-15-9-10-16-28(27)30(32)34/h3-20,22H,21H2,1-2H3. The summed E-state index contributed by atoms with van der Waals surface area (Å²) in [6.07, 6.45) is 0.962. The van der Waals surface area contributed by atoms with Crippen LogP contribution in [0, 0.1) is 5.92 Å². The van der Waals surface area contributed by atoms with Crippen LogP contribution in [0.4, 0.5) is 0 Å². The highest BCUT2D eigenvalue weighted by molar-refractivity contribution is 6.20. The van der Waals surface area contributed by atoms with Gasteiger partial charge in [-0.05, 0) is 46.7 Å². The summed E-state index contributed by atoms with van der Waals surface area (Å²) < 4.78 is 0. The van der Waals surface area contributed by atoms with Gasteiger partial charge in [0.2, 0.25) is 0 Å². The monoisotopic (exact) mass is 461 g/mol.